The number of aromatic nitrogens is 2. The van der Waals surface area contributed by atoms with Crippen molar-refractivity contribution < 1.29 is 16.8 Å². The summed E-state index contributed by atoms with van der Waals surface area (Å²) in [6.45, 7) is 1.90. The Morgan fingerprint density at radius 3 is 2.29 bits per heavy atom. The first-order valence-electron chi connectivity index (χ1n) is 7.18. The van der Waals surface area contributed by atoms with Crippen LogP contribution in [0.3, 0.4) is 0 Å². The number of hydrogen-bond acceptors (Lipinski definition) is 7. The van der Waals surface area contributed by atoms with E-state index in [4.69, 9.17) is 0 Å². The standard InChI is InChI=1S/C14H18N4O4S2/c1-2-23(19,20)12-5-3-6-13(11-12)24(21,22)18-10-9-17-14-15-7-4-8-16-14/h3-8,11,18H,2,9-10H2,1H3,(H,15,16,17). The number of nitrogens with one attached hydrogen (secondary N) is 2. The summed E-state index contributed by atoms with van der Waals surface area (Å²) in [4.78, 5) is 7.81. The van der Waals surface area contributed by atoms with Crippen molar-refractivity contribution in [2.24, 2.45) is 0 Å². The highest BCUT2D eigenvalue weighted by Gasteiger charge is 2.18. The minimum atomic E-state index is -3.80. The summed E-state index contributed by atoms with van der Waals surface area (Å²) in [6, 6.07) is 6.98. The molecule has 0 aliphatic heterocycles. The van der Waals surface area contributed by atoms with Gasteiger partial charge in [-0.3, -0.25) is 0 Å². The summed E-state index contributed by atoms with van der Waals surface area (Å²) in [6.07, 6.45) is 3.14. The Kier molecular flexibility index (Phi) is 5.86. The number of sulfone groups is 1. The fourth-order valence-electron chi connectivity index (χ4n) is 1.83. The van der Waals surface area contributed by atoms with E-state index in [0.29, 0.717) is 5.95 Å². The highest BCUT2D eigenvalue weighted by Crippen LogP contribution is 2.16. The molecule has 0 saturated carbocycles. The van der Waals surface area contributed by atoms with Crippen LogP contribution in [-0.2, 0) is 19.9 Å². The van der Waals surface area contributed by atoms with Crippen LogP contribution >= 0.6 is 0 Å². The Morgan fingerprint density at radius 2 is 1.62 bits per heavy atom. The maximum absolute atomic E-state index is 12.2. The third-order valence-electron chi connectivity index (χ3n) is 3.12. The van der Waals surface area contributed by atoms with Crippen LogP contribution in [0.2, 0.25) is 0 Å². The van der Waals surface area contributed by atoms with Gasteiger partial charge in [-0.05, 0) is 24.3 Å². The molecule has 0 bridgehead atoms. The summed E-state index contributed by atoms with van der Waals surface area (Å²) in [5.41, 5.74) is 0. The van der Waals surface area contributed by atoms with Crippen LogP contribution in [-0.4, -0.2) is 45.6 Å². The van der Waals surface area contributed by atoms with Crippen molar-refractivity contribution >= 4 is 25.8 Å². The van der Waals surface area contributed by atoms with Crippen molar-refractivity contribution in [3.63, 3.8) is 0 Å². The number of rotatable bonds is 8. The first-order valence-corrected chi connectivity index (χ1v) is 10.3. The molecule has 130 valence electrons. The lowest BCUT2D eigenvalue weighted by atomic mass is 10.4. The van der Waals surface area contributed by atoms with Crippen LogP contribution in [0.5, 0.6) is 0 Å². The van der Waals surface area contributed by atoms with Gasteiger partial charge < -0.3 is 5.32 Å². The summed E-state index contributed by atoms with van der Waals surface area (Å²) in [5.74, 6) is 0.304. The molecule has 0 saturated heterocycles. The topological polar surface area (TPSA) is 118 Å². The van der Waals surface area contributed by atoms with Crippen molar-refractivity contribution in [3.8, 4) is 0 Å². The average molecular weight is 370 g/mol. The van der Waals surface area contributed by atoms with Crippen molar-refractivity contribution in [1.29, 1.82) is 0 Å². The minimum absolute atomic E-state index is 0.0105. The second-order valence-electron chi connectivity index (χ2n) is 4.78. The quantitative estimate of drug-likeness (QED) is 0.655. The summed E-state index contributed by atoms with van der Waals surface area (Å²) >= 11 is 0. The number of sulfonamides is 1. The van der Waals surface area contributed by atoms with Gasteiger partial charge in [0.25, 0.3) is 0 Å². The summed E-state index contributed by atoms with van der Waals surface area (Å²) in [7, 11) is -7.26. The lowest BCUT2D eigenvalue weighted by Gasteiger charge is -2.09. The van der Waals surface area contributed by atoms with Gasteiger partial charge in [-0.25, -0.2) is 31.5 Å². The van der Waals surface area contributed by atoms with E-state index in [1.54, 1.807) is 18.5 Å². The number of hydrogen-bond donors (Lipinski definition) is 2. The number of nitrogens with zero attached hydrogens (tertiary/aromatic N) is 2. The van der Waals surface area contributed by atoms with E-state index in [1.807, 2.05) is 0 Å². The first kappa shape index (κ1) is 18.3. The molecule has 0 aliphatic carbocycles. The fraction of sp³-hybridized carbons (Fsp3) is 0.286. The van der Waals surface area contributed by atoms with Crippen LogP contribution in [0.1, 0.15) is 6.92 Å². The van der Waals surface area contributed by atoms with Crippen LogP contribution in [0.25, 0.3) is 0 Å². The van der Waals surface area contributed by atoms with E-state index in [0.717, 1.165) is 6.07 Å². The zero-order chi connectivity index (χ0) is 17.6. The molecule has 24 heavy (non-hydrogen) atoms. The smallest absolute Gasteiger partial charge is 0.240 e. The van der Waals surface area contributed by atoms with Gasteiger partial charge in [0.2, 0.25) is 16.0 Å². The average Bonchev–Trinajstić information content (AvgIpc) is 2.60. The molecular formula is C14H18N4O4S2. The molecule has 8 nitrogen and oxygen atoms in total. The first-order chi connectivity index (χ1) is 11.3. The summed E-state index contributed by atoms with van der Waals surface area (Å²) in [5, 5.41) is 2.87. The predicted molar refractivity (Wildman–Crippen MR) is 89.9 cm³/mol. The van der Waals surface area contributed by atoms with Gasteiger partial charge in [-0.15, -0.1) is 0 Å². The zero-order valence-corrected chi connectivity index (χ0v) is 14.6. The third kappa shape index (κ3) is 4.73. The molecule has 1 heterocycles. The fourth-order valence-corrected chi connectivity index (χ4v) is 3.91. The number of benzene rings is 1. The van der Waals surface area contributed by atoms with Gasteiger partial charge in [-0.1, -0.05) is 13.0 Å². The van der Waals surface area contributed by atoms with Gasteiger partial charge in [0.1, 0.15) is 0 Å². The molecule has 0 atom stereocenters. The van der Waals surface area contributed by atoms with Crippen molar-refractivity contribution in [3.05, 3.63) is 42.7 Å². The maximum Gasteiger partial charge on any atom is 0.240 e. The molecule has 0 radical (unpaired) electrons. The molecule has 2 rings (SSSR count). The molecule has 0 amide bonds. The molecule has 1 aromatic carbocycles. The Hall–Kier alpha value is -2.04. The van der Waals surface area contributed by atoms with E-state index >= 15 is 0 Å². The van der Waals surface area contributed by atoms with Crippen molar-refractivity contribution in [1.82, 2.24) is 14.7 Å². The second-order valence-corrected chi connectivity index (χ2v) is 8.82. The Labute approximate surface area is 141 Å². The van der Waals surface area contributed by atoms with E-state index < -0.39 is 19.9 Å². The van der Waals surface area contributed by atoms with Crippen LogP contribution in [0, 0.1) is 0 Å². The van der Waals surface area contributed by atoms with E-state index in [9.17, 15) is 16.8 Å². The maximum atomic E-state index is 12.2. The normalized spacial score (nSPS) is 12.0. The molecule has 2 N–H and O–H groups in total. The lowest BCUT2D eigenvalue weighted by molar-refractivity contribution is 0.582. The molecule has 10 heteroatoms. The van der Waals surface area contributed by atoms with Gasteiger partial charge in [0, 0.05) is 25.5 Å². The molecule has 0 spiro atoms. The minimum Gasteiger partial charge on any atom is -0.353 e. The monoisotopic (exact) mass is 370 g/mol. The van der Waals surface area contributed by atoms with Crippen LogP contribution < -0.4 is 10.0 Å². The SMILES string of the molecule is CCS(=O)(=O)c1cccc(S(=O)(=O)NCCNc2ncccn2)c1. The van der Waals surface area contributed by atoms with Gasteiger partial charge in [-0.2, -0.15) is 0 Å². The predicted octanol–water partition coefficient (Wildman–Crippen LogP) is 0.661. The third-order valence-corrected chi connectivity index (χ3v) is 6.31. The zero-order valence-electron chi connectivity index (χ0n) is 13.0. The lowest BCUT2D eigenvalue weighted by Crippen LogP contribution is -2.29. The summed E-state index contributed by atoms with van der Waals surface area (Å²) < 4.78 is 50.6. The van der Waals surface area contributed by atoms with Gasteiger partial charge in [0.15, 0.2) is 9.84 Å². The molecule has 1 aromatic heterocycles. The van der Waals surface area contributed by atoms with Crippen LogP contribution in [0.4, 0.5) is 5.95 Å². The van der Waals surface area contributed by atoms with Gasteiger partial charge >= 0.3 is 0 Å². The molecule has 0 unspecified atom stereocenters. The van der Waals surface area contributed by atoms with E-state index in [-0.39, 0.29) is 28.6 Å². The Balaban J connectivity index is 2.01. The number of anilines is 1. The van der Waals surface area contributed by atoms with E-state index in [1.165, 1.54) is 25.1 Å². The van der Waals surface area contributed by atoms with Gasteiger partial charge in [0.05, 0.1) is 15.5 Å². The van der Waals surface area contributed by atoms with Crippen LogP contribution in [0.15, 0.2) is 52.5 Å². The highest BCUT2D eigenvalue weighted by atomic mass is 32.2. The van der Waals surface area contributed by atoms with Crippen molar-refractivity contribution in [2.75, 3.05) is 24.2 Å². The van der Waals surface area contributed by atoms with Crippen molar-refractivity contribution in [2.45, 2.75) is 16.7 Å². The molecule has 0 fully saturated rings. The van der Waals surface area contributed by atoms with E-state index in [2.05, 4.69) is 20.0 Å². The molecule has 0 aliphatic rings. The Bertz CT molecular complexity index is 884. The largest absolute Gasteiger partial charge is 0.353 e. The highest BCUT2D eigenvalue weighted by molar-refractivity contribution is 7.91. The Morgan fingerprint density at radius 1 is 0.958 bits per heavy atom. The molecular weight excluding hydrogens is 352 g/mol. The molecule has 2 aromatic rings. The second kappa shape index (κ2) is 7.69.